The maximum atomic E-state index is 12.2. The van der Waals surface area contributed by atoms with Gasteiger partial charge in [-0.15, -0.1) is 0 Å². The number of nitrogens with zero attached hydrogens (tertiary/aromatic N) is 1. The number of pyridine rings is 1. The van der Waals surface area contributed by atoms with Gasteiger partial charge in [0.1, 0.15) is 5.56 Å². The summed E-state index contributed by atoms with van der Waals surface area (Å²) >= 11 is 6.05. The van der Waals surface area contributed by atoms with Crippen molar-refractivity contribution < 1.29 is 9.90 Å². The average Bonchev–Trinajstić information content (AvgIpc) is 2.38. The lowest BCUT2D eigenvalue weighted by Crippen LogP contribution is -2.27. The number of rotatable bonds is 4. The highest BCUT2D eigenvalue weighted by atomic mass is 35.5. The van der Waals surface area contributed by atoms with E-state index in [1.165, 1.54) is 4.57 Å². The van der Waals surface area contributed by atoms with Crippen molar-refractivity contribution in [1.82, 2.24) is 4.57 Å². The highest BCUT2D eigenvalue weighted by Crippen LogP contribution is 2.25. The Kier molecular flexibility index (Phi) is 3.90. The molecular formula is C14H14ClNO3. The molecule has 0 saturated carbocycles. The van der Waals surface area contributed by atoms with Crippen LogP contribution in [0.25, 0.3) is 10.9 Å². The van der Waals surface area contributed by atoms with Gasteiger partial charge in [0.05, 0.1) is 10.5 Å². The molecule has 0 aliphatic rings. The summed E-state index contributed by atoms with van der Waals surface area (Å²) in [5, 5.41) is 9.77. The largest absolute Gasteiger partial charge is 0.477 e. The summed E-state index contributed by atoms with van der Waals surface area (Å²) in [6, 6.07) is 7.09. The lowest BCUT2D eigenvalue weighted by atomic mass is 10.1. The van der Waals surface area contributed by atoms with Crippen LogP contribution in [0.3, 0.4) is 0 Å². The van der Waals surface area contributed by atoms with Gasteiger partial charge in [-0.25, -0.2) is 4.79 Å². The van der Waals surface area contributed by atoms with Gasteiger partial charge in [0, 0.05) is 11.9 Å². The van der Waals surface area contributed by atoms with Crippen LogP contribution in [0.5, 0.6) is 0 Å². The van der Waals surface area contributed by atoms with Crippen LogP contribution < -0.4 is 5.56 Å². The fourth-order valence-electron chi connectivity index (χ4n) is 2.09. The molecule has 0 atom stereocenters. The maximum Gasteiger partial charge on any atom is 0.342 e. The number of hydrogen-bond acceptors (Lipinski definition) is 2. The first-order valence-electron chi connectivity index (χ1n) is 6.12. The summed E-state index contributed by atoms with van der Waals surface area (Å²) in [4.78, 5) is 23.5. The number of fused-ring (bicyclic) bond motifs is 1. The lowest BCUT2D eigenvalue weighted by molar-refractivity contribution is 0.0694. The third-order valence-electron chi connectivity index (χ3n) is 3.06. The summed E-state index contributed by atoms with van der Waals surface area (Å²) in [6.45, 7) is 2.51. The molecule has 2 rings (SSSR count). The molecule has 100 valence electrons. The van der Waals surface area contributed by atoms with Crippen LogP contribution in [0.4, 0.5) is 0 Å². The van der Waals surface area contributed by atoms with Gasteiger partial charge in [0.2, 0.25) is 0 Å². The number of halogens is 1. The number of benzene rings is 1. The molecule has 5 heteroatoms. The minimum Gasteiger partial charge on any atom is -0.477 e. The number of aromatic carboxylic acids is 1. The zero-order chi connectivity index (χ0) is 14.0. The normalized spacial score (nSPS) is 10.8. The van der Waals surface area contributed by atoms with Crippen LogP contribution in [0.15, 0.2) is 29.1 Å². The second-order valence-corrected chi connectivity index (χ2v) is 4.70. The van der Waals surface area contributed by atoms with E-state index >= 15 is 0 Å². The predicted octanol–water partition coefficient (Wildman–Crippen LogP) is 3.15. The predicted molar refractivity (Wildman–Crippen MR) is 75.1 cm³/mol. The van der Waals surface area contributed by atoms with Crippen LogP contribution in [0, 0.1) is 0 Å². The Morgan fingerprint density at radius 2 is 2.05 bits per heavy atom. The van der Waals surface area contributed by atoms with Gasteiger partial charge in [-0.1, -0.05) is 43.1 Å². The summed E-state index contributed by atoms with van der Waals surface area (Å²) in [5.41, 5.74) is -0.211. The van der Waals surface area contributed by atoms with Gasteiger partial charge in [0.15, 0.2) is 0 Å². The monoisotopic (exact) mass is 279 g/mol. The fourth-order valence-corrected chi connectivity index (χ4v) is 2.41. The van der Waals surface area contributed by atoms with Gasteiger partial charge in [-0.3, -0.25) is 4.79 Å². The first-order chi connectivity index (χ1) is 9.07. The molecule has 0 aliphatic carbocycles. The van der Waals surface area contributed by atoms with E-state index in [2.05, 4.69) is 0 Å². The highest BCUT2D eigenvalue weighted by Gasteiger charge is 2.20. The van der Waals surface area contributed by atoms with Crippen molar-refractivity contribution >= 4 is 28.5 Å². The number of unbranched alkanes of at least 4 members (excludes halogenated alkanes) is 1. The average molecular weight is 280 g/mol. The molecule has 1 heterocycles. The molecule has 0 amide bonds. The van der Waals surface area contributed by atoms with Gasteiger partial charge >= 0.3 is 5.97 Å². The topological polar surface area (TPSA) is 59.3 Å². The molecule has 1 N–H and O–H groups in total. The summed E-state index contributed by atoms with van der Waals surface area (Å²) in [7, 11) is 0. The van der Waals surface area contributed by atoms with Gasteiger partial charge in [0.25, 0.3) is 5.56 Å². The zero-order valence-corrected chi connectivity index (χ0v) is 11.3. The van der Waals surface area contributed by atoms with Gasteiger partial charge in [-0.2, -0.15) is 0 Å². The van der Waals surface area contributed by atoms with Gasteiger partial charge in [-0.05, 0) is 12.5 Å². The van der Waals surface area contributed by atoms with E-state index in [0.717, 1.165) is 12.8 Å². The maximum absolute atomic E-state index is 12.2. The number of carboxylic acid groups (broad SMARTS) is 1. The number of carbonyl (C=O) groups is 1. The number of para-hydroxylation sites is 1. The summed E-state index contributed by atoms with van der Waals surface area (Å²) < 4.78 is 1.49. The Balaban J connectivity index is 2.84. The standard InChI is InChI=1S/C14H14ClNO3/c1-2-3-8-16-10-7-5-4-6-9(10)12(15)11(13(16)17)14(18)19/h4-7H,2-3,8H2,1H3,(H,18,19). The molecule has 0 spiro atoms. The lowest BCUT2D eigenvalue weighted by Gasteiger charge is -2.12. The molecule has 4 nitrogen and oxygen atoms in total. The minimum atomic E-state index is -1.29. The molecule has 1 aromatic heterocycles. The third kappa shape index (κ3) is 2.36. The summed E-state index contributed by atoms with van der Waals surface area (Å²) in [5.74, 6) is -1.29. The van der Waals surface area contributed by atoms with Crippen molar-refractivity contribution in [2.45, 2.75) is 26.3 Å². The van der Waals surface area contributed by atoms with Crippen molar-refractivity contribution in [3.63, 3.8) is 0 Å². The van der Waals surface area contributed by atoms with Crippen LogP contribution in [0.1, 0.15) is 30.1 Å². The van der Waals surface area contributed by atoms with Crippen molar-refractivity contribution in [3.8, 4) is 0 Å². The van der Waals surface area contributed by atoms with E-state index < -0.39 is 11.5 Å². The first-order valence-corrected chi connectivity index (χ1v) is 6.50. The van der Waals surface area contributed by atoms with Crippen LogP contribution in [-0.4, -0.2) is 15.6 Å². The second kappa shape index (κ2) is 5.45. The van der Waals surface area contributed by atoms with Gasteiger partial charge < -0.3 is 9.67 Å². The van der Waals surface area contributed by atoms with Crippen molar-refractivity contribution in [2.75, 3.05) is 0 Å². The Hall–Kier alpha value is -1.81. The molecule has 0 bridgehead atoms. The molecule has 0 radical (unpaired) electrons. The Morgan fingerprint density at radius 1 is 1.37 bits per heavy atom. The molecular weight excluding hydrogens is 266 g/mol. The SMILES string of the molecule is CCCCn1c(=O)c(C(=O)O)c(Cl)c2ccccc21. The molecule has 0 unspecified atom stereocenters. The first kappa shape index (κ1) is 13.6. The van der Waals surface area contributed by atoms with Crippen molar-refractivity contribution in [3.05, 3.63) is 45.2 Å². The molecule has 0 aliphatic heterocycles. The highest BCUT2D eigenvalue weighted by molar-refractivity contribution is 6.38. The van der Waals surface area contributed by atoms with E-state index in [0.29, 0.717) is 17.4 Å². The van der Waals surface area contributed by atoms with Crippen molar-refractivity contribution in [1.29, 1.82) is 0 Å². The van der Waals surface area contributed by atoms with E-state index in [1.807, 2.05) is 6.92 Å². The van der Waals surface area contributed by atoms with Crippen molar-refractivity contribution in [2.24, 2.45) is 0 Å². The Bertz CT molecular complexity index is 691. The smallest absolute Gasteiger partial charge is 0.342 e. The zero-order valence-electron chi connectivity index (χ0n) is 10.5. The molecule has 0 fully saturated rings. The number of carboxylic acids is 1. The fraction of sp³-hybridized carbons (Fsp3) is 0.286. The molecule has 0 saturated heterocycles. The molecule has 1 aromatic carbocycles. The minimum absolute atomic E-state index is 0.0147. The van der Waals surface area contributed by atoms with Crippen LogP contribution >= 0.6 is 11.6 Å². The number of aromatic nitrogens is 1. The number of aryl methyl sites for hydroxylation is 1. The van der Waals surface area contributed by atoms with E-state index in [-0.39, 0.29) is 10.6 Å². The summed E-state index contributed by atoms with van der Waals surface area (Å²) in [6.07, 6.45) is 1.73. The number of hydrogen-bond donors (Lipinski definition) is 1. The van der Waals surface area contributed by atoms with E-state index in [4.69, 9.17) is 16.7 Å². The van der Waals surface area contributed by atoms with E-state index in [9.17, 15) is 9.59 Å². The van der Waals surface area contributed by atoms with Crippen LogP contribution in [0.2, 0.25) is 5.02 Å². The quantitative estimate of drug-likeness (QED) is 0.935. The molecule has 2 aromatic rings. The third-order valence-corrected chi connectivity index (χ3v) is 3.45. The van der Waals surface area contributed by atoms with E-state index in [1.54, 1.807) is 24.3 Å². The molecule has 19 heavy (non-hydrogen) atoms. The second-order valence-electron chi connectivity index (χ2n) is 4.32. The Labute approximate surface area is 115 Å². The van der Waals surface area contributed by atoms with Crippen LogP contribution in [-0.2, 0) is 6.54 Å². The Morgan fingerprint density at radius 3 is 2.68 bits per heavy atom.